The molecule has 2 rings (SSSR count). The first-order chi connectivity index (χ1) is 8.20. The van der Waals surface area contributed by atoms with Gasteiger partial charge in [0, 0.05) is 0 Å². The van der Waals surface area contributed by atoms with E-state index in [1.165, 1.54) is 18.1 Å². The molecule has 1 N–H and O–H groups in total. The molecule has 2 aromatic rings. The van der Waals surface area contributed by atoms with Gasteiger partial charge in [0.05, 0.1) is 13.5 Å². The lowest BCUT2D eigenvalue weighted by Crippen LogP contribution is -2.04. The fourth-order valence-corrected chi connectivity index (χ4v) is 1.47. The van der Waals surface area contributed by atoms with Gasteiger partial charge in [-0.05, 0) is 28.1 Å². The fourth-order valence-electron chi connectivity index (χ4n) is 1.47. The van der Waals surface area contributed by atoms with Gasteiger partial charge in [-0.1, -0.05) is 6.07 Å². The van der Waals surface area contributed by atoms with Crippen molar-refractivity contribution in [2.45, 2.75) is 6.42 Å². The summed E-state index contributed by atoms with van der Waals surface area (Å²) in [6.45, 7) is 0. The summed E-state index contributed by atoms with van der Waals surface area (Å²) < 4.78 is 6.59. The van der Waals surface area contributed by atoms with Crippen LogP contribution in [0.15, 0.2) is 24.5 Å². The predicted octanol–water partition coefficient (Wildman–Crippen LogP) is 0.298. The molecule has 0 unspecified atom stereocenters. The maximum absolute atomic E-state index is 10.6. The van der Waals surface area contributed by atoms with Crippen LogP contribution in [0.5, 0.6) is 5.75 Å². The van der Waals surface area contributed by atoms with Gasteiger partial charge in [-0.3, -0.25) is 4.79 Å². The quantitative estimate of drug-likeness (QED) is 0.818. The molecular weight excluding hydrogens is 224 g/mol. The Bertz CT molecular complexity index is 524. The van der Waals surface area contributed by atoms with Crippen molar-refractivity contribution in [3.63, 3.8) is 0 Å². The number of hydrogen-bond acceptors (Lipinski definition) is 5. The van der Waals surface area contributed by atoms with Gasteiger partial charge in [0.15, 0.2) is 0 Å². The third-order valence-corrected chi connectivity index (χ3v) is 2.19. The SMILES string of the molecule is COc1ccc(CC(=O)O)cc1-n1cnnn1. The first-order valence-electron chi connectivity index (χ1n) is 4.83. The third-order valence-electron chi connectivity index (χ3n) is 2.19. The van der Waals surface area contributed by atoms with Crippen LogP contribution in [0.1, 0.15) is 5.56 Å². The van der Waals surface area contributed by atoms with E-state index < -0.39 is 5.97 Å². The number of benzene rings is 1. The highest BCUT2D eigenvalue weighted by Crippen LogP contribution is 2.23. The van der Waals surface area contributed by atoms with Crippen LogP contribution >= 0.6 is 0 Å². The highest BCUT2D eigenvalue weighted by atomic mass is 16.5. The lowest BCUT2D eigenvalue weighted by Gasteiger charge is -2.08. The molecule has 0 radical (unpaired) electrons. The van der Waals surface area contributed by atoms with Crippen LogP contribution in [0.4, 0.5) is 0 Å². The van der Waals surface area contributed by atoms with Gasteiger partial charge >= 0.3 is 5.97 Å². The van der Waals surface area contributed by atoms with Crippen LogP contribution in [0.25, 0.3) is 5.69 Å². The van der Waals surface area contributed by atoms with E-state index in [4.69, 9.17) is 9.84 Å². The van der Waals surface area contributed by atoms with Gasteiger partial charge in [0.1, 0.15) is 17.8 Å². The van der Waals surface area contributed by atoms with Crippen LogP contribution in [0.2, 0.25) is 0 Å². The average Bonchev–Trinajstić information content (AvgIpc) is 2.81. The summed E-state index contributed by atoms with van der Waals surface area (Å²) in [6.07, 6.45) is 1.36. The number of tetrazole rings is 1. The summed E-state index contributed by atoms with van der Waals surface area (Å²) in [7, 11) is 1.53. The molecule has 0 saturated carbocycles. The summed E-state index contributed by atoms with van der Waals surface area (Å²) in [5.41, 5.74) is 1.26. The number of hydrogen-bond donors (Lipinski definition) is 1. The molecule has 7 heteroatoms. The molecule has 0 aliphatic carbocycles. The number of methoxy groups -OCH3 is 1. The predicted molar refractivity (Wildman–Crippen MR) is 57.0 cm³/mol. The number of rotatable bonds is 4. The van der Waals surface area contributed by atoms with Crippen molar-refractivity contribution < 1.29 is 14.6 Å². The molecular formula is C10H10N4O3. The number of nitrogens with zero attached hydrogens (tertiary/aromatic N) is 4. The molecule has 0 atom stereocenters. The van der Waals surface area contributed by atoms with Crippen LogP contribution < -0.4 is 4.74 Å². The van der Waals surface area contributed by atoms with Crippen LogP contribution in [0, 0.1) is 0 Å². The average molecular weight is 234 g/mol. The Kier molecular flexibility index (Phi) is 2.99. The molecule has 17 heavy (non-hydrogen) atoms. The van der Waals surface area contributed by atoms with E-state index in [-0.39, 0.29) is 6.42 Å². The van der Waals surface area contributed by atoms with Crippen LogP contribution in [-0.2, 0) is 11.2 Å². The molecule has 0 fully saturated rings. The maximum atomic E-state index is 10.6. The number of carboxylic acid groups (broad SMARTS) is 1. The van der Waals surface area contributed by atoms with Crippen molar-refractivity contribution in [2.75, 3.05) is 7.11 Å². The highest BCUT2D eigenvalue weighted by Gasteiger charge is 2.09. The Labute approximate surface area is 96.6 Å². The summed E-state index contributed by atoms with van der Waals surface area (Å²) in [5.74, 6) is -0.315. The molecule has 0 aliphatic heterocycles. The Morgan fingerprint density at radius 2 is 2.35 bits per heavy atom. The lowest BCUT2D eigenvalue weighted by molar-refractivity contribution is -0.136. The van der Waals surface area contributed by atoms with Gasteiger partial charge in [0.25, 0.3) is 0 Å². The first-order valence-corrected chi connectivity index (χ1v) is 4.83. The lowest BCUT2D eigenvalue weighted by atomic mass is 10.1. The monoisotopic (exact) mass is 234 g/mol. The molecule has 7 nitrogen and oxygen atoms in total. The largest absolute Gasteiger partial charge is 0.494 e. The highest BCUT2D eigenvalue weighted by molar-refractivity contribution is 5.70. The van der Waals surface area contributed by atoms with Crippen molar-refractivity contribution in [1.82, 2.24) is 20.2 Å². The van der Waals surface area contributed by atoms with E-state index in [9.17, 15) is 4.79 Å². The minimum Gasteiger partial charge on any atom is -0.494 e. The molecule has 0 saturated heterocycles. The topological polar surface area (TPSA) is 90.1 Å². The summed E-state index contributed by atoms with van der Waals surface area (Å²) >= 11 is 0. The van der Waals surface area contributed by atoms with Crippen molar-refractivity contribution in [2.24, 2.45) is 0 Å². The number of carbonyl (C=O) groups is 1. The Morgan fingerprint density at radius 1 is 1.53 bits per heavy atom. The number of aromatic nitrogens is 4. The fraction of sp³-hybridized carbons (Fsp3) is 0.200. The minimum atomic E-state index is -0.891. The molecule has 1 aromatic heterocycles. The zero-order chi connectivity index (χ0) is 12.3. The number of ether oxygens (including phenoxy) is 1. The first kappa shape index (κ1) is 11.1. The van der Waals surface area contributed by atoms with Crippen LogP contribution in [0.3, 0.4) is 0 Å². The molecule has 0 bridgehead atoms. The molecule has 1 aromatic carbocycles. The van der Waals surface area contributed by atoms with E-state index in [0.717, 1.165) is 0 Å². The second-order valence-corrected chi connectivity index (χ2v) is 3.33. The molecule has 1 heterocycles. The van der Waals surface area contributed by atoms with Gasteiger partial charge in [-0.25, -0.2) is 0 Å². The van der Waals surface area contributed by atoms with Crippen LogP contribution in [-0.4, -0.2) is 38.4 Å². The number of aliphatic carboxylic acids is 1. The normalized spacial score (nSPS) is 10.2. The summed E-state index contributed by atoms with van der Waals surface area (Å²) in [5, 5.41) is 19.5. The van der Waals surface area contributed by atoms with E-state index in [1.54, 1.807) is 18.2 Å². The number of carboxylic acids is 1. The maximum Gasteiger partial charge on any atom is 0.307 e. The van der Waals surface area contributed by atoms with E-state index in [1.807, 2.05) is 0 Å². The van der Waals surface area contributed by atoms with Gasteiger partial charge in [0.2, 0.25) is 0 Å². The van der Waals surface area contributed by atoms with Gasteiger partial charge in [-0.15, -0.1) is 5.10 Å². The smallest absolute Gasteiger partial charge is 0.307 e. The van der Waals surface area contributed by atoms with Crippen molar-refractivity contribution in [1.29, 1.82) is 0 Å². The molecule has 88 valence electrons. The van der Waals surface area contributed by atoms with Crippen molar-refractivity contribution in [3.05, 3.63) is 30.1 Å². The van der Waals surface area contributed by atoms with Crippen molar-refractivity contribution >= 4 is 5.97 Å². The second-order valence-electron chi connectivity index (χ2n) is 3.33. The zero-order valence-electron chi connectivity index (χ0n) is 9.07. The second kappa shape index (κ2) is 4.60. The molecule has 0 amide bonds. The van der Waals surface area contributed by atoms with E-state index >= 15 is 0 Å². The van der Waals surface area contributed by atoms with E-state index in [2.05, 4.69) is 15.5 Å². The van der Waals surface area contributed by atoms with Crippen molar-refractivity contribution in [3.8, 4) is 11.4 Å². The summed E-state index contributed by atoms with van der Waals surface area (Å²) in [6, 6.07) is 5.07. The van der Waals surface area contributed by atoms with Gasteiger partial charge in [-0.2, -0.15) is 4.68 Å². The zero-order valence-corrected chi connectivity index (χ0v) is 9.07. The van der Waals surface area contributed by atoms with E-state index in [0.29, 0.717) is 17.0 Å². The Morgan fingerprint density at radius 3 is 2.94 bits per heavy atom. The molecule has 0 spiro atoms. The molecule has 0 aliphatic rings. The Hall–Kier alpha value is -2.44. The standard InChI is InChI=1S/C10H10N4O3/c1-17-9-3-2-7(5-10(15)16)4-8(9)14-6-11-12-13-14/h2-4,6H,5H2,1H3,(H,15,16). The minimum absolute atomic E-state index is 0.0564. The van der Waals surface area contributed by atoms with Gasteiger partial charge < -0.3 is 9.84 Å². The third kappa shape index (κ3) is 2.39. The summed E-state index contributed by atoms with van der Waals surface area (Å²) in [4.78, 5) is 10.6. The Balaban J connectivity index is 2.43.